The molecule has 0 aliphatic carbocycles. The molecule has 0 radical (unpaired) electrons. The zero-order valence-corrected chi connectivity index (χ0v) is 9.44. The summed E-state index contributed by atoms with van der Waals surface area (Å²) >= 11 is 11.6. The van der Waals surface area contributed by atoms with E-state index >= 15 is 0 Å². The first-order valence-corrected chi connectivity index (χ1v) is 5.21. The fraction of sp³-hybridized carbons (Fsp3) is 0.400. The summed E-state index contributed by atoms with van der Waals surface area (Å²) in [4.78, 5) is 0. The quantitative estimate of drug-likeness (QED) is 0.838. The minimum atomic E-state index is -0.294. The number of aliphatic hydroxyl groups is 1. The number of hydrogen-bond donors (Lipinski definition) is 2. The molecule has 4 heteroatoms. The number of hydrogen-bond acceptors (Lipinski definition) is 2. The molecule has 0 aliphatic rings. The molecule has 78 valence electrons. The van der Waals surface area contributed by atoms with E-state index in [1.165, 1.54) is 0 Å². The maximum Gasteiger partial charge on any atom is 0.0528 e. The molecular formula is C10H13Cl2NO. The van der Waals surface area contributed by atoms with E-state index in [1.54, 1.807) is 25.1 Å². The minimum absolute atomic E-state index is 0.294. The van der Waals surface area contributed by atoms with Crippen molar-refractivity contribution in [2.24, 2.45) is 0 Å². The Kier molecular flexibility index (Phi) is 4.52. The molecule has 0 fully saturated rings. The average molecular weight is 234 g/mol. The van der Waals surface area contributed by atoms with Crippen LogP contribution >= 0.6 is 23.2 Å². The normalized spacial score (nSPS) is 12.6. The molecule has 2 nitrogen and oxygen atoms in total. The van der Waals surface area contributed by atoms with Crippen LogP contribution in [0.5, 0.6) is 0 Å². The first-order valence-electron chi connectivity index (χ1n) is 4.46. The number of rotatable bonds is 4. The van der Waals surface area contributed by atoms with Crippen molar-refractivity contribution < 1.29 is 5.11 Å². The molecule has 1 rings (SSSR count). The molecule has 1 aromatic rings. The third kappa shape index (κ3) is 4.18. The molecule has 1 unspecified atom stereocenters. The summed E-state index contributed by atoms with van der Waals surface area (Å²) < 4.78 is 0. The lowest BCUT2D eigenvalue weighted by atomic mass is 10.2. The van der Waals surface area contributed by atoms with Gasteiger partial charge in [-0.15, -0.1) is 0 Å². The summed E-state index contributed by atoms with van der Waals surface area (Å²) in [5.41, 5.74) is 0.878. The van der Waals surface area contributed by atoms with Gasteiger partial charge >= 0.3 is 0 Å². The second-order valence-electron chi connectivity index (χ2n) is 3.22. The summed E-state index contributed by atoms with van der Waals surface area (Å²) in [5, 5.41) is 13.4. The Morgan fingerprint density at radius 3 is 2.36 bits per heavy atom. The van der Waals surface area contributed by atoms with Crippen LogP contribution in [0.1, 0.15) is 13.3 Å². The molecule has 0 heterocycles. The third-order valence-corrected chi connectivity index (χ3v) is 2.19. The van der Waals surface area contributed by atoms with Crippen LogP contribution in [-0.2, 0) is 0 Å². The zero-order chi connectivity index (χ0) is 10.6. The molecule has 2 N–H and O–H groups in total. The zero-order valence-electron chi connectivity index (χ0n) is 7.93. The summed E-state index contributed by atoms with van der Waals surface area (Å²) in [7, 11) is 0. The summed E-state index contributed by atoms with van der Waals surface area (Å²) in [6.45, 7) is 2.46. The summed E-state index contributed by atoms with van der Waals surface area (Å²) in [6.07, 6.45) is 0.404. The average Bonchev–Trinajstić information content (AvgIpc) is 2.01. The van der Waals surface area contributed by atoms with E-state index in [9.17, 15) is 0 Å². The van der Waals surface area contributed by atoms with Crippen LogP contribution in [0.25, 0.3) is 0 Å². The lowest BCUT2D eigenvalue weighted by molar-refractivity contribution is 0.189. The van der Waals surface area contributed by atoms with Crippen LogP contribution in [0.3, 0.4) is 0 Å². The molecule has 0 bridgehead atoms. The smallest absolute Gasteiger partial charge is 0.0528 e. The molecule has 0 saturated carbocycles. The predicted molar refractivity (Wildman–Crippen MR) is 61.2 cm³/mol. The first-order chi connectivity index (χ1) is 6.58. The Morgan fingerprint density at radius 1 is 1.29 bits per heavy atom. The maximum absolute atomic E-state index is 9.05. The van der Waals surface area contributed by atoms with Crippen LogP contribution in [0.15, 0.2) is 18.2 Å². The second-order valence-corrected chi connectivity index (χ2v) is 4.10. The van der Waals surface area contributed by atoms with Gasteiger partial charge in [0, 0.05) is 22.3 Å². The van der Waals surface area contributed by atoms with Gasteiger partial charge in [-0.1, -0.05) is 23.2 Å². The van der Waals surface area contributed by atoms with Gasteiger partial charge in [0.05, 0.1) is 6.10 Å². The molecular weight excluding hydrogens is 221 g/mol. The van der Waals surface area contributed by atoms with Crippen LogP contribution in [0.2, 0.25) is 10.0 Å². The first kappa shape index (κ1) is 11.6. The highest BCUT2D eigenvalue weighted by molar-refractivity contribution is 6.35. The van der Waals surface area contributed by atoms with Crippen LogP contribution in [0, 0.1) is 0 Å². The number of anilines is 1. The van der Waals surface area contributed by atoms with E-state index in [0.717, 1.165) is 5.69 Å². The monoisotopic (exact) mass is 233 g/mol. The van der Waals surface area contributed by atoms with Crippen molar-refractivity contribution in [3.63, 3.8) is 0 Å². The highest BCUT2D eigenvalue weighted by Crippen LogP contribution is 2.22. The highest BCUT2D eigenvalue weighted by Gasteiger charge is 1.98. The van der Waals surface area contributed by atoms with Crippen LogP contribution in [0.4, 0.5) is 5.69 Å². The largest absolute Gasteiger partial charge is 0.393 e. The van der Waals surface area contributed by atoms with Crippen molar-refractivity contribution in [1.82, 2.24) is 0 Å². The van der Waals surface area contributed by atoms with Gasteiger partial charge in [-0.3, -0.25) is 0 Å². The molecule has 1 aromatic carbocycles. The van der Waals surface area contributed by atoms with Crippen LogP contribution in [-0.4, -0.2) is 17.8 Å². The standard InChI is InChI=1S/C10H13Cl2NO/c1-7(14)2-3-13-10-5-8(11)4-9(12)6-10/h4-7,13-14H,2-3H2,1H3. The molecule has 0 aromatic heterocycles. The SMILES string of the molecule is CC(O)CCNc1cc(Cl)cc(Cl)c1. The van der Waals surface area contributed by atoms with E-state index in [1.807, 2.05) is 0 Å². The van der Waals surface area contributed by atoms with Crippen molar-refractivity contribution in [1.29, 1.82) is 0 Å². The van der Waals surface area contributed by atoms with E-state index in [2.05, 4.69) is 5.32 Å². The van der Waals surface area contributed by atoms with Crippen molar-refractivity contribution in [2.75, 3.05) is 11.9 Å². The minimum Gasteiger partial charge on any atom is -0.393 e. The van der Waals surface area contributed by atoms with Gasteiger partial charge in [0.25, 0.3) is 0 Å². The number of benzene rings is 1. The fourth-order valence-corrected chi connectivity index (χ4v) is 1.61. The summed E-state index contributed by atoms with van der Waals surface area (Å²) in [6, 6.07) is 5.29. The van der Waals surface area contributed by atoms with E-state index in [4.69, 9.17) is 28.3 Å². The highest BCUT2D eigenvalue weighted by atomic mass is 35.5. The Morgan fingerprint density at radius 2 is 1.86 bits per heavy atom. The van der Waals surface area contributed by atoms with E-state index in [0.29, 0.717) is 23.0 Å². The van der Waals surface area contributed by atoms with E-state index in [-0.39, 0.29) is 6.10 Å². The van der Waals surface area contributed by atoms with Gasteiger partial charge in [-0.05, 0) is 31.5 Å². The van der Waals surface area contributed by atoms with Gasteiger partial charge in [0.1, 0.15) is 0 Å². The van der Waals surface area contributed by atoms with Crippen molar-refractivity contribution in [3.8, 4) is 0 Å². The molecule has 0 spiro atoms. The Bertz CT molecular complexity index is 282. The number of halogens is 2. The lowest BCUT2D eigenvalue weighted by Crippen LogP contribution is -2.09. The van der Waals surface area contributed by atoms with Gasteiger partial charge in [-0.25, -0.2) is 0 Å². The maximum atomic E-state index is 9.05. The Balaban J connectivity index is 2.50. The number of nitrogens with one attached hydrogen (secondary N) is 1. The molecule has 14 heavy (non-hydrogen) atoms. The second kappa shape index (κ2) is 5.44. The van der Waals surface area contributed by atoms with Gasteiger partial charge < -0.3 is 10.4 Å². The van der Waals surface area contributed by atoms with Crippen molar-refractivity contribution >= 4 is 28.9 Å². The number of aliphatic hydroxyl groups excluding tert-OH is 1. The molecule has 0 saturated heterocycles. The summed E-state index contributed by atoms with van der Waals surface area (Å²) in [5.74, 6) is 0. The van der Waals surface area contributed by atoms with E-state index < -0.39 is 0 Å². The van der Waals surface area contributed by atoms with Crippen molar-refractivity contribution in [3.05, 3.63) is 28.2 Å². The Hall–Kier alpha value is -0.440. The van der Waals surface area contributed by atoms with Gasteiger partial charge in [0.2, 0.25) is 0 Å². The van der Waals surface area contributed by atoms with Crippen molar-refractivity contribution in [2.45, 2.75) is 19.4 Å². The topological polar surface area (TPSA) is 32.3 Å². The van der Waals surface area contributed by atoms with Gasteiger partial charge in [0.15, 0.2) is 0 Å². The van der Waals surface area contributed by atoms with Gasteiger partial charge in [-0.2, -0.15) is 0 Å². The molecule has 1 atom stereocenters. The lowest BCUT2D eigenvalue weighted by Gasteiger charge is -2.08. The molecule has 0 aliphatic heterocycles. The third-order valence-electron chi connectivity index (χ3n) is 1.75. The predicted octanol–water partition coefficient (Wildman–Crippen LogP) is 3.18. The Labute approximate surface area is 93.8 Å². The molecule has 0 amide bonds. The fourth-order valence-electron chi connectivity index (χ4n) is 1.08. The van der Waals surface area contributed by atoms with Crippen LogP contribution < -0.4 is 5.32 Å².